The smallest absolute Gasteiger partial charge is 0.130 e. The van der Waals surface area contributed by atoms with Crippen molar-refractivity contribution in [2.75, 3.05) is 6.26 Å². The molecule has 0 fully saturated rings. The van der Waals surface area contributed by atoms with Crippen LogP contribution in [0.25, 0.3) is 0 Å². The molecule has 0 aliphatic carbocycles. The minimum Gasteiger partial charge on any atom is -0.382 e. The standard InChI is InChI=1S/C7H14O2S/c1-5(4-6(2)8)7(9)10-3/h5,7,9H,4H2,1-3H3. The number of carbonyl (C=O) groups is 1. The molecule has 3 heteroatoms. The molecule has 0 amide bonds. The minimum absolute atomic E-state index is 0.0764. The zero-order valence-corrected chi connectivity index (χ0v) is 7.44. The van der Waals surface area contributed by atoms with Crippen molar-refractivity contribution < 1.29 is 9.90 Å². The summed E-state index contributed by atoms with van der Waals surface area (Å²) < 4.78 is 0. The van der Waals surface area contributed by atoms with Crippen LogP contribution in [-0.4, -0.2) is 22.6 Å². The summed E-state index contributed by atoms with van der Waals surface area (Å²) in [7, 11) is 0. The van der Waals surface area contributed by atoms with Crippen LogP contribution in [-0.2, 0) is 4.79 Å². The second kappa shape index (κ2) is 4.74. The molecule has 0 aromatic carbocycles. The summed E-state index contributed by atoms with van der Waals surface area (Å²) in [5, 5.41) is 9.19. The van der Waals surface area contributed by atoms with Crippen LogP contribution in [0.5, 0.6) is 0 Å². The molecular formula is C7H14O2S. The molecule has 60 valence electrons. The molecule has 0 radical (unpaired) electrons. The van der Waals surface area contributed by atoms with Crippen LogP contribution in [0.15, 0.2) is 0 Å². The van der Waals surface area contributed by atoms with Gasteiger partial charge in [0, 0.05) is 6.42 Å². The fourth-order valence-corrected chi connectivity index (χ4v) is 1.35. The number of aliphatic hydroxyl groups is 1. The molecule has 2 atom stereocenters. The summed E-state index contributed by atoms with van der Waals surface area (Å²) >= 11 is 1.38. The van der Waals surface area contributed by atoms with E-state index in [-0.39, 0.29) is 11.7 Å². The SMILES string of the molecule is CSC(O)C(C)CC(C)=O. The number of carbonyl (C=O) groups excluding carboxylic acids is 1. The van der Waals surface area contributed by atoms with Crippen molar-refractivity contribution in [2.45, 2.75) is 25.7 Å². The van der Waals surface area contributed by atoms with Gasteiger partial charge in [-0.15, -0.1) is 11.8 Å². The first-order valence-electron chi connectivity index (χ1n) is 3.28. The molecule has 0 saturated carbocycles. The molecule has 2 nitrogen and oxygen atoms in total. The fraction of sp³-hybridized carbons (Fsp3) is 0.857. The first kappa shape index (κ1) is 9.98. The molecule has 0 aromatic heterocycles. The van der Waals surface area contributed by atoms with Crippen molar-refractivity contribution in [3.63, 3.8) is 0 Å². The van der Waals surface area contributed by atoms with Crippen molar-refractivity contribution in [1.29, 1.82) is 0 Å². The Labute approximate surface area is 66.0 Å². The van der Waals surface area contributed by atoms with Gasteiger partial charge in [-0.3, -0.25) is 0 Å². The molecule has 0 heterocycles. The summed E-state index contributed by atoms with van der Waals surface area (Å²) in [6, 6.07) is 0. The van der Waals surface area contributed by atoms with Gasteiger partial charge >= 0.3 is 0 Å². The van der Waals surface area contributed by atoms with Crippen LogP contribution >= 0.6 is 11.8 Å². The van der Waals surface area contributed by atoms with Crippen molar-refractivity contribution in [2.24, 2.45) is 5.92 Å². The lowest BCUT2D eigenvalue weighted by molar-refractivity contribution is -0.118. The van der Waals surface area contributed by atoms with Gasteiger partial charge in [-0.25, -0.2) is 0 Å². The number of rotatable bonds is 4. The Hall–Kier alpha value is -0.0200. The van der Waals surface area contributed by atoms with E-state index in [1.54, 1.807) is 6.92 Å². The largest absolute Gasteiger partial charge is 0.382 e. The Morgan fingerprint density at radius 2 is 2.20 bits per heavy atom. The van der Waals surface area contributed by atoms with E-state index >= 15 is 0 Å². The van der Waals surface area contributed by atoms with Gasteiger partial charge in [0.1, 0.15) is 11.2 Å². The van der Waals surface area contributed by atoms with Gasteiger partial charge in [-0.2, -0.15) is 0 Å². The number of hydrogen-bond donors (Lipinski definition) is 1. The maximum absolute atomic E-state index is 10.6. The van der Waals surface area contributed by atoms with Gasteiger partial charge in [-0.05, 0) is 19.1 Å². The highest BCUT2D eigenvalue weighted by atomic mass is 32.2. The van der Waals surface area contributed by atoms with Crippen molar-refractivity contribution in [3.8, 4) is 0 Å². The van der Waals surface area contributed by atoms with Crippen LogP contribution in [0.1, 0.15) is 20.3 Å². The molecule has 0 aromatic rings. The third-order valence-corrected chi connectivity index (χ3v) is 2.29. The summed E-state index contributed by atoms with van der Waals surface area (Å²) in [6.07, 6.45) is 2.31. The highest BCUT2D eigenvalue weighted by molar-refractivity contribution is 7.99. The number of hydrogen-bond acceptors (Lipinski definition) is 3. The van der Waals surface area contributed by atoms with Crippen LogP contribution in [0.3, 0.4) is 0 Å². The maximum atomic E-state index is 10.6. The normalized spacial score (nSPS) is 16.4. The zero-order valence-electron chi connectivity index (χ0n) is 6.63. The summed E-state index contributed by atoms with van der Waals surface area (Å²) in [5.74, 6) is 0.216. The minimum atomic E-state index is -0.399. The van der Waals surface area contributed by atoms with E-state index in [9.17, 15) is 9.90 Å². The number of thioether (sulfide) groups is 1. The molecular weight excluding hydrogens is 148 g/mol. The van der Waals surface area contributed by atoms with Gasteiger partial charge in [0.2, 0.25) is 0 Å². The van der Waals surface area contributed by atoms with E-state index in [1.807, 2.05) is 13.2 Å². The van der Waals surface area contributed by atoms with E-state index < -0.39 is 5.44 Å². The summed E-state index contributed by atoms with van der Waals surface area (Å²) in [6.45, 7) is 3.42. The Morgan fingerprint density at radius 3 is 2.50 bits per heavy atom. The second-order valence-corrected chi connectivity index (χ2v) is 3.46. The van der Waals surface area contributed by atoms with E-state index in [1.165, 1.54) is 11.8 Å². The Balaban J connectivity index is 3.61. The van der Waals surface area contributed by atoms with Crippen molar-refractivity contribution >= 4 is 17.5 Å². The lowest BCUT2D eigenvalue weighted by Gasteiger charge is -2.14. The average molecular weight is 162 g/mol. The Morgan fingerprint density at radius 1 is 1.70 bits per heavy atom. The second-order valence-electron chi connectivity index (χ2n) is 2.51. The molecule has 0 saturated heterocycles. The van der Waals surface area contributed by atoms with E-state index in [0.29, 0.717) is 6.42 Å². The van der Waals surface area contributed by atoms with Gasteiger partial charge in [0.25, 0.3) is 0 Å². The highest BCUT2D eigenvalue weighted by Gasteiger charge is 2.13. The van der Waals surface area contributed by atoms with Gasteiger partial charge in [0.05, 0.1) is 0 Å². The van der Waals surface area contributed by atoms with Crippen LogP contribution in [0.2, 0.25) is 0 Å². The average Bonchev–Trinajstić information content (AvgIpc) is 1.85. The third-order valence-electron chi connectivity index (χ3n) is 1.34. The molecule has 0 rings (SSSR count). The molecule has 2 unspecified atom stereocenters. The molecule has 0 aliphatic heterocycles. The van der Waals surface area contributed by atoms with Crippen LogP contribution < -0.4 is 0 Å². The predicted octanol–water partition coefficient (Wildman–Crippen LogP) is 1.28. The molecule has 10 heavy (non-hydrogen) atoms. The number of Topliss-reactive ketones (excluding diaryl/α,β-unsaturated/α-hetero) is 1. The quantitative estimate of drug-likeness (QED) is 0.633. The lowest BCUT2D eigenvalue weighted by atomic mass is 10.1. The molecule has 0 bridgehead atoms. The molecule has 1 N–H and O–H groups in total. The summed E-state index contributed by atoms with van der Waals surface area (Å²) in [4.78, 5) is 10.6. The maximum Gasteiger partial charge on any atom is 0.130 e. The Kier molecular flexibility index (Phi) is 4.73. The van der Waals surface area contributed by atoms with E-state index in [4.69, 9.17) is 0 Å². The number of aliphatic hydroxyl groups excluding tert-OH is 1. The predicted molar refractivity (Wildman–Crippen MR) is 44.0 cm³/mol. The zero-order chi connectivity index (χ0) is 8.15. The molecule has 0 spiro atoms. The first-order valence-corrected chi connectivity index (χ1v) is 4.57. The lowest BCUT2D eigenvalue weighted by Crippen LogP contribution is -2.15. The van der Waals surface area contributed by atoms with Crippen molar-refractivity contribution in [1.82, 2.24) is 0 Å². The number of ketones is 1. The third kappa shape index (κ3) is 3.90. The van der Waals surface area contributed by atoms with Crippen LogP contribution in [0, 0.1) is 5.92 Å². The molecule has 0 aliphatic rings. The van der Waals surface area contributed by atoms with Gasteiger partial charge in [-0.1, -0.05) is 6.92 Å². The summed E-state index contributed by atoms with van der Waals surface area (Å²) in [5.41, 5.74) is -0.399. The van der Waals surface area contributed by atoms with E-state index in [0.717, 1.165) is 0 Å². The monoisotopic (exact) mass is 162 g/mol. The van der Waals surface area contributed by atoms with Crippen molar-refractivity contribution in [3.05, 3.63) is 0 Å². The van der Waals surface area contributed by atoms with E-state index in [2.05, 4.69) is 0 Å². The first-order chi connectivity index (χ1) is 4.57. The van der Waals surface area contributed by atoms with Gasteiger partial charge in [0.15, 0.2) is 0 Å². The van der Waals surface area contributed by atoms with Crippen LogP contribution in [0.4, 0.5) is 0 Å². The fourth-order valence-electron chi connectivity index (χ4n) is 0.787. The van der Waals surface area contributed by atoms with Gasteiger partial charge < -0.3 is 9.90 Å². The Bertz CT molecular complexity index is 114. The highest BCUT2D eigenvalue weighted by Crippen LogP contribution is 2.16. The topological polar surface area (TPSA) is 37.3 Å².